The fraction of sp³-hybridized carbons (Fsp3) is 0.240. The van der Waals surface area contributed by atoms with Crippen molar-refractivity contribution < 1.29 is 13.2 Å². The summed E-state index contributed by atoms with van der Waals surface area (Å²) in [6.07, 6.45) is 0. The molecule has 0 bridgehead atoms. The molecule has 0 saturated heterocycles. The van der Waals surface area contributed by atoms with E-state index in [-0.39, 0.29) is 16.8 Å². The van der Waals surface area contributed by atoms with E-state index in [4.69, 9.17) is 0 Å². The Bertz CT molecular complexity index is 1220. The van der Waals surface area contributed by atoms with E-state index in [1.54, 1.807) is 49.4 Å². The summed E-state index contributed by atoms with van der Waals surface area (Å²) in [5.74, 6) is -0.205. The number of carbonyl (C=O) groups is 1. The largest absolute Gasteiger partial charge is 0.346 e. The van der Waals surface area contributed by atoms with E-state index in [2.05, 4.69) is 16.1 Å². The Balaban J connectivity index is 1.75. The van der Waals surface area contributed by atoms with Crippen LogP contribution in [0, 0.1) is 27.7 Å². The zero-order valence-electron chi connectivity index (χ0n) is 18.5. The average Bonchev–Trinajstić information content (AvgIpc) is 2.69. The molecule has 1 amide bonds. The van der Waals surface area contributed by atoms with E-state index < -0.39 is 10.0 Å². The van der Waals surface area contributed by atoms with E-state index in [1.807, 2.05) is 39.8 Å². The molecule has 3 aromatic carbocycles. The Morgan fingerprint density at radius 3 is 2.06 bits per heavy atom. The van der Waals surface area contributed by atoms with Crippen molar-refractivity contribution >= 4 is 21.6 Å². The molecular formula is C25H28N2O3S. The highest BCUT2D eigenvalue weighted by Gasteiger charge is 2.17. The molecule has 3 rings (SSSR count). The normalized spacial score (nSPS) is 12.3. The van der Waals surface area contributed by atoms with Crippen molar-refractivity contribution in [2.24, 2.45) is 0 Å². The third-order valence-corrected chi connectivity index (χ3v) is 6.69. The zero-order valence-corrected chi connectivity index (χ0v) is 19.3. The van der Waals surface area contributed by atoms with E-state index in [0.717, 1.165) is 16.7 Å². The van der Waals surface area contributed by atoms with Crippen molar-refractivity contribution in [2.45, 2.75) is 45.6 Å². The Morgan fingerprint density at radius 1 is 0.806 bits per heavy atom. The number of carbonyl (C=O) groups excluding carboxylic acids is 1. The van der Waals surface area contributed by atoms with Gasteiger partial charge < -0.3 is 5.32 Å². The molecule has 1 atom stereocenters. The lowest BCUT2D eigenvalue weighted by atomic mass is 10.00. The molecule has 0 heterocycles. The van der Waals surface area contributed by atoms with Crippen LogP contribution in [0.5, 0.6) is 0 Å². The first-order valence-electron chi connectivity index (χ1n) is 10.1. The second-order valence-electron chi connectivity index (χ2n) is 8.00. The van der Waals surface area contributed by atoms with Crippen LogP contribution < -0.4 is 10.0 Å². The van der Waals surface area contributed by atoms with Gasteiger partial charge in [0.05, 0.1) is 16.6 Å². The van der Waals surface area contributed by atoms with Gasteiger partial charge in [-0.3, -0.25) is 9.52 Å². The third-order valence-electron chi connectivity index (χ3n) is 5.30. The topological polar surface area (TPSA) is 75.3 Å². The molecule has 0 aliphatic carbocycles. The Morgan fingerprint density at radius 2 is 1.45 bits per heavy atom. The summed E-state index contributed by atoms with van der Waals surface area (Å²) >= 11 is 0. The first-order chi connectivity index (χ1) is 14.6. The third kappa shape index (κ3) is 5.33. The van der Waals surface area contributed by atoms with Crippen LogP contribution in [0.4, 0.5) is 5.69 Å². The number of anilines is 1. The molecule has 3 aromatic rings. The molecule has 0 spiro atoms. The number of sulfonamides is 1. The lowest BCUT2D eigenvalue weighted by Crippen LogP contribution is -2.27. The molecule has 0 aromatic heterocycles. The molecule has 5 nitrogen and oxygen atoms in total. The molecule has 0 fully saturated rings. The highest BCUT2D eigenvalue weighted by molar-refractivity contribution is 7.92. The van der Waals surface area contributed by atoms with Crippen LogP contribution in [0.2, 0.25) is 0 Å². The predicted molar refractivity (Wildman–Crippen MR) is 125 cm³/mol. The highest BCUT2D eigenvalue weighted by atomic mass is 32.2. The number of nitrogens with one attached hydrogen (secondary N) is 2. The van der Waals surface area contributed by atoms with Crippen LogP contribution in [0.1, 0.15) is 51.1 Å². The van der Waals surface area contributed by atoms with E-state index in [9.17, 15) is 13.2 Å². The van der Waals surface area contributed by atoms with E-state index >= 15 is 0 Å². The molecule has 0 radical (unpaired) electrons. The van der Waals surface area contributed by atoms with Gasteiger partial charge in [-0.1, -0.05) is 41.5 Å². The Kier molecular flexibility index (Phi) is 6.51. The standard InChI is InChI=1S/C25H28N2O3S/c1-16-6-10-22(11-7-16)31(29,30)27-24-13-9-21(15-19(24)4)25(28)26-20(5)23-12-8-17(2)14-18(23)3/h6-15,20,27H,1-5H3,(H,26,28)/t20-/m1/s1. The highest BCUT2D eigenvalue weighted by Crippen LogP contribution is 2.23. The van der Waals surface area contributed by atoms with Crippen molar-refractivity contribution in [3.8, 4) is 0 Å². The fourth-order valence-corrected chi connectivity index (χ4v) is 4.64. The number of rotatable bonds is 6. The molecule has 0 saturated carbocycles. The minimum absolute atomic E-state index is 0.145. The van der Waals surface area contributed by atoms with Gasteiger partial charge in [-0.25, -0.2) is 8.42 Å². The van der Waals surface area contributed by atoms with Gasteiger partial charge >= 0.3 is 0 Å². The summed E-state index contributed by atoms with van der Waals surface area (Å²) in [4.78, 5) is 13.0. The second-order valence-corrected chi connectivity index (χ2v) is 9.69. The first-order valence-corrected chi connectivity index (χ1v) is 11.6. The maximum absolute atomic E-state index is 12.8. The van der Waals surface area contributed by atoms with Crippen molar-refractivity contribution in [3.63, 3.8) is 0 Å². The van der Waals surface area contributed by atoms with Crippen molar-refractivity contribution in [1.29, 1.82) is 0 Å². The van der Waals surface area contributed by atoms with Crippen LogP contribution in [-0.4, -0.2) is 14.3 Å². The number of hydrogen-bond donors (Lipinski definition) is 2. The van der Waals surface area contributed by atoms with Gasteiger partial charge in [-0.15, -0.1) is 0 Å². The summed E-state index contributed by atoms with van der Waals surface area (Å²) in [6, 6.07) is 17.6. The molecule has 0 aliphatic heterocycles. The number of amides is 1. The van der Waals surface area contributed by atoms with Crippen LogP contribution in [0.3, 0.4) is 0 Å². The maximum Gasteiger partial charge on any atom is 0.261 e. The predicted octanol–water partition coefficient (Wildman–Crippen LogP) is 5.21. The van der Waals surface area contributed by atoms with Crippen molar-refractivity contribution in [1.82, 2.24) is 5.32 Å². The summed E-state index contributed by atoms with van der Waals surface area (Å²) < 4.78 is 27.9. The quantitative estimate of drug-likeness (QED) is 0.557. The van der Waals surface area contributed by atoms with Gasteiger partial charge in [-0.2, -0.15) is 0 Å². The first kappa shape index (κ1) is 22.6. The lowest BCUT2D eigenvalue weighted by molar-refractivity contribution is 0.0939. The molecular weight excluding hydrogens is 408 g/mol. The summed E-state index contributed by atoms with van der Waals surface area (Å²) in [7, 11) is -3.70. The average molecular weight is 437 g/mol. The summed E-state index contributed by atoms with van der Waals surface area (Å²) in [5.41, 5.74) is 5.96. The SMILES string of the molecule is Cc1ccc(S(=O)(=O)Nc2ccc(C(=O)N[C@H](C)c3ccc(C)cc3C)cc2C)cc1. The summed E-state index contributed by atoms with van der Waals surface area (Å²) in [5, 5.41) is 3.02. The number of aryl methyl sites for hydroxylation is 4. The second kappa shape index (κ2) is 8.94. The molecule has 0 unspecified atom stereocenters. The van der Waals surface area contributed by atoms with Crippen LogP contribution in [0.15, 0.2) is 65.6 Å². The van der Waals surface area contributed by atoms with Gasteiger partial charge in [0.25, 0.3) is 15.9 Å². The maximum atomic E-state index is 12.8. The monoisotopic (exact) mass is 436 g/mol. The van der Waals surface area contributed by atoms with E-state index in [0.29, 0.717) is 16.8 Å². The smallest absolute Gasteiger partial charge is 0.261 e. The molecule has 31 heavy (non-hydrogen) atoms. The summed E-state index contributed by atoms with van der Waals surface area (Å²) in [6.45, 7) is 9.70. The van der Waals surface area contributed by atoms with Gasteiger partial charge in [-0.05, 0) is 81.6 Å². The number of hydrogen-bond acceptors (Lipinski definition) is 3. The Hall–Kier alpha value is -3.12. The van der Waals surface area contributed by atoms with Gasteiger partial charge in [0.15, 0.2) is 0 Å². The van der Waals surface area contributed by atoms with Crippen LogP contribution in [-0.2, 0) is 10.0 Å². The molecule has 162 valence electrons. The van der Waals surface area contributed by atoms with Gasteiger partial charge in [0.2, 0.25) is 0 Å². The van der Waals surface area contributed by atoms with Gasteiger partial charge in [0, 0.05) is 5.56 Å². The Labute approximate surface area is 184 Å². The van der Waals surface area contributed by atoms with Crippen molar-refractivity contribution in [3.05, 3.63) is 94.0 Å². The van der Waals surface area contributed by atoms with E-state index in [1.165, 1.54) is 5.56 Å². The van der Waals surface area contributed by atoms with Crippen LogP contribution >= 0.6 is 0 Å². The molecule has 6 heteroatoms. The number of benzene rings is 3. The lowest BCUT2D eigenvalue weighted by Gasteiger charge is -2.18. The van der Waals surface area contributed by atoms with Crippen molar-refractivity contribution in [2.75, 3.05) is 4.72 Å². The molecule has 0 aliphatic rings. The van der Waals surface area contributed by atoms with Crippen LogP contribution in [0.25, 0.3) is 0 Å². The van der Waals surface area contributed by atoms with Gasteiger partial charge in [0.1, 0.15) is 0 Å². The molecule has 2 N–H and O–H groups in total. The minimum Gasteiger partial charge on any atom is -0.346 e. The zero-order chi connectivity index (χ0) is 22.8. The minimum atomic E-state index is -3.70. The fourth-order valence-electron chi connectivity index (χ4n) is 3.51.